The van der Waals surface area contributed by atoms with Gasteiger partial charge in [-0.3, -0.25) is 0 Å². The van der Waals surface area contributed by atoms with E-state index in [1.165, 1.54) is 11.3 Å². The summed E-state index contributed by atoms with van der Waals surface area (Å²) in [7, 11) is 0. The monoisotopic (exact) mass is 468 g/mol. The van der Waals surface area contributed by atoms with E-state index in [1.807, 2.05) is 60.3 Å². The van der Waals surface area contributed by atoms with E-state index in [1.54, 1.807) is 12.1 Å². The smallest absolute Gasteiger partial charge is 0.125 e. The Balaban J connectivity index is 1.52. The van der Waals surface area contributed by atoms with Gasteiger partial charge >= 0.3 is 0 Å². The molecule has 5 nitrogen and oxygen atoms in total. The normalized spacial score (nSPS) is 15.7. The molecule has 1 atom stereocenters. The van der Waals surface area contributed by atoms with Crippen LogP contribution in [0.15, 0.2) is 65.9 Å². The van der Waals surface area contributed by atoms with Crippen LogP contribution in [-0.2, 0) is 0 Å². The number of benzene rings is 2. The van der Waals surface area contributed by atoms with Crippen molar-refractivity contribution in [3.63, 3.8) is 0 Å². The zero-order chi connectivity index (χ0) is 21.5. The standard InChI is InChI=1S/C23H18Cl2N4OS/c1-13-9-20(30)15(10-17(13)24)18-11-19(27-26-18)16-12-29(14-5-3-2-4-6-14)28-23(16)21-7-8-22(25)31-21/h2-10,12,19,27,30H,11H2,1H3. The SMILES string of the molecule is Cc1cc(O)c(C2=NNC(c3cn(-c4ccccc4)nc3-c3ccc(Cl)s3)C2)cc1Cl. The molecule has 0 fully saturated rings. The fourth-order valence-electron chi connectivity index (χ4n) is 3.68. The van der Waals surface area contributed by atoms with Crippen LogP contribution in [-0.4, -0.2) is 20.6 Å². The Hall–Kier alpha value is -2.80. The van der Waals surface area contributed by atoms with Crippen molar-refractivity contribution in [1.82, 2.24) is 15.2 Å². The predicted octanol–water partition coefficient (Wildman–Crippen LogP) is 6.36. The van der Waals surface area contributed by atoms with Gasteiger partial charge in [0.2, 0.25) is 0 Å². The van der Waals surface area contributed by atoms with Gasteiger partial charge in [0.25, 0.3) is 0 Å². The van der Waals surface area contributed by atoms with Crippen LogP contribution in [0.2, 0.25) is 9.36 Å². The molecule has 0 saturated carbocycles. The first-order valence-corrected chi connectivity index (χ1v) is 11.3. The quantitative estimate of drug-likeness (QED) is 0.366. The summed E-state index contributed by atoms with van der Waals surface area (Å²) in [5.74, 6) is 0.174. The minimum atomic E-state index is -0.0946. The number of aryl methyl sites for hydroxylation is 1. The first kappa shape index (κ1) is 20.1. The van der Waals surface area contributed by atoms with Crippen molar-refractivity contribution < 1.29 is 5.11 Å². The van der Waals surface area contributed by atoms with Crippen molar-refractivity contribution in [2.45, 2.75) is 19.4 Å². The zero-order valence-corrected chi connectivity index (χ0v) is 18.8. The van der Waals surface area contributed by atoms with Crippen molar-refractivity contribution in [2.24, 2.45) is 5.10 Å². The molecule has 1 aliphatic rings. The fourth-order valence-corrected chi connectivity index (χ4v) is 4.89. The average molecular weight is 469 g/mol. The second-order valence-corrected chi connectivity index (χ2v) is 9.50. The zero-order valence-electron chi connectivity index (χ0n) is 16.5. The van der Waals surface area contributed by atoms with Gasteiger partial charge in [-0.25, -0.2) is 4.68 Å². The Kier molecular flexibility index (Phi) is 5.22. The van der Waals surface area contributed by atoms with Crippen molar-refractivity contribution in [3.8, 4) is 22.0 Å². The van der Waals surface area contributed by atoms with Crippen LogP contribution in [0.5, 0.6) is 5.75 Å². The van der Waals surface area contributed by atoms with Gasteiger partial charge in [-0.1, -0.05) is 41.4 Å². The number of rotatable bonds is 4. The van der Waals surface area contributed by atoms with Gasteiger partial charge in [0.15, 0.2) is 0 Å². The number of nitrogens with zero attached hydrogens (tertiary/aromatic N) is 3. The molecule has 8 heteroatoms. The highest BCUT2D eigenvalue weighted by atomic mass is 35.5. The maximum atomic E-state index is 10.4. The summed E-state index contributed by atoms with van der Waals surface area (Å²) >= 11 is 14.0. The Morgan fingerprint density at radius 2 is 1.94 bits per heavy atom. The largest absolute Gasteiger partial charge is 0.507 e. The lowest BCUT2D eigenvalue weighted by molar-refractivity contribution is 0.473. The second kappa shape index (κ2) is 8.04. The number of halogens is 2. The van der Waals surface area contributed by atoms with Crippen LogP contribution >= 0.6 is 34.5 Å². The number of phenolic OH excluding ortho intramolecular Hbond substituents is 1. The third-order valence-electron chi connectivity index (χ3n) is 5.29. The molecule has 4 aromatic rings. The molecular weight excluding hydrogens is 451 g/mol. The lowest BCUT2D eigenvalue weighted by Gasteiger charge is -2.10. The van der Waals surface area contributed by atoms with Gasteiger partial charge in [0, 0.05) is 28.8 Å². The van der Waals surface area contributed by atoms with Gasteiger partial charge in [-0.15, -0.1) is 11.3 Å². The van der Waals surface area contributed by atoms with E-state index < -0.39 is 0 Å². The van der Waals surface area contributed by atoms with E-state index in [9.17, 15) is 5.11 Å². The highest BCUT2D eigenvalue weighted by Gasteiger charge is 2.28. The Morgan fingerprint density at radius 1 is 1.13 bits per heavy atom. The topological polar surface area (TPSA) is 62.4 Å². The van der Waals surface area contributed by atoms with E-state index >= 15 is 0 Å². The summed E-state index contributed by atoms with van der Waals surface area (Å²) in [6.45, 7) is 1.86. The van der Waals surface area contributed by atoms with E-state index in [-0.39, 0.29) is 11.8 Å². The second-order valence-electron chi connectivity index (χ2n) is 7.38. The first-order valence-electron chi connectivity index (χ1n) is 9.72. The van der Waals surface area contributed by atoms with Gasteiger partial charge in [-0.2, -0.15) is 10.2 Å². The minimum absolute atomic E-state index is 0.0946. The summed E-state index contributed by atoms with van der Waals surface area (Å²) in [4.78, 5) is 0.992. The molecule has 1 unspecified atom stereocenters. The molecule has 0 aliphatic carbocycles. The number of aromatic nitrogens is 2. The van der Waals surface area contributed by atoms with Crippen molar-refractivity contribution >= 4 is 40.3 Å². The Labute approximate surface area is 193 Å². The molecule has 31 heavy (non-hydrogen) atoms. The average Bonchev–Trinajstić information content (AvgIpc) is 3.50. The lowest BCUT2D eigenvalue weighted by Crippen LogP contribution is -2.10. The number of phenols is 1. The third kappa shape index (κ3) is 3.83. The minimum Gasteiger partial charge on any atom is -0.507 e. The number of para-hydroxylation sites is 1. The maximum Gasteiger partial charge on any atom is 0.125 e. The number of hydrazone groups is 1. The van der Waals surface area contributed by atoms with Crippen LogP contribution in [0.4, 0.5) is 0 Å². The van der Waals surface area contributed by atoms with Gasteiger partial charge in [0.1, 0.15) is 11.4 Å². The molecule has 0 spiro atoms. The molecule has 5 rings (SSSR count). The van der Waals surface area contributed by atoms with E-state index in [0.29, 0.717) is 21.3 Å². The molecule has 0 amide bonds. The van der Waals surface area contributed by atoms with Gasteiger partial charge in [0.05, 0.1) is 26.7 Å². The molecule has 0 radical (unpaired) electrons. The maximum absolute atomic E-state index is 10.4. The molecule has 1 aliphatic heterocycles. The highest BCUT2D eigenvalue weighted by molar-refractivity contribution is 7.19. The van der Waals surface area contributed by atoms with E-state index in [4.69, 9.17) is 28.3 Å². The van der Waals surface area contributed by atoms with Crippen molar-refractivity contribution in [1.29, 1.82) is 0 Å². The summed E-state index contributed by atoms with van der Waals surface area (Å²) < 4.78 is 2.59. The van der Waals surface area contributed by atoms with Crippen molar-refractivity contribution in [2.75, 3.05) is 0 Å². The molecule has 0 bridgehead atoms. The van der Waals surface area contributed by atoms with Crippen LogP contribution in [0.25, 0.3) is 16.3 Å². The molecule has 2 aromatic carbocycles. The fraction of sp³-hybridized carbons (Fsp3) is 0.130. The number of nitrogens with one attached hydrogen (secondary N) is 1. The van der Waals surface area contributed by atoms with E-state index in [0.717, 1.165) is 33.1 Å². The Bertz CT molecular complexity index is 1300. The molecular formula is C23H18Cl2N4OS. The number of aromatic hydroxyl groups is 1. The number of thiophene rings is 1. The summed E-state index contributed by atoms with van der Waals surface area (Å²) in [5.41, 5.74) is 8.29. The third-order valence-corrected chi connectivity index (χ3v) is 6.93. The predicted molar refractivity (Wildman–Crippen MR) is 127 cm³/mol. The molecule has 2 N–H and O–H groups in total. The van der Waals surface area contributed by atoms with E-state index in [2.05, 4.69) is 10.5 Å². The highest BCUT2D eigenvalue weighted by Crippen LogP contribution is 2.38. The summed E-state index contributed by atoms with van der Waals surface area (Å²) in [6, 6.07) is 17.2. The lowest BCUT2D eigenvalue weighted by atomic mass is 9.98. The summed E-state index contributed by atoms with van der Waals surface area (Å²) in [6.07, 6.45) is 2.62. The van der Waals surface area contributed by atoms with Crippen LogP contribution in [0.3, 0.4) is 0 Å². The summed E-state index contributed by atoms with van der Waals surface area (Å²) in [5, 5.41) is 20.4. The number of hydrogen-bond acceptors (Lipinski definition) is 5. The van der Waals surface area contributed by atoms with Gasteiger partial charge in [-0.05, 0) is 48.9 Å². The van der Waals surface area contributed by atoms with Gasteiger partial charge < -0.3 is 10.5 Å². The molecule has 2 aromatic heterocycles. The van der Waals surface area contributed by atoms with Crippen LogP contribution < -0.4 is 5.43 Å². The van der Waals surface area contributed by atoms with Crippen LogP contribution in [0, 0.1) is 6.92 Å². The number of hydrogen-bond donors (Lipinski definition) is 2. The molecule has 156 valence electrons. The molecule has 3 heterocycles. The Morgan fingerprint density at radius 3 is 2.68 bits per heavy atom. The molecule has 0 saturated heterocycles. The first-order chi connectivity index (χ1) is 15.0. The van der Waals surface area contributed by atoms with Crippen molar-refractivity contribution in [3.05, 3.63) is 86.8 Å². The van der Waals surface area contributed by atoms with Crippen LogP contribution in [0.1, 0.15) is 29.2 Å².